The lowest BCUT2D eigenvalue weighted by Gasteiger charge is -2.26. The van der Waals surface area contributed by atoms with E-state index >= 15 is 0 Å². The average Bonchev–Trinajstić information content (AvgIpc) is 3.31. The Morgan fingerprint density at radius 3 is 2.77 bits per heavy atom. The number of aryl methyl sites for hydroxylation is 1. The van der Waals surface area contributed by atoms with E-state index in [0.717, 1.165) is 58.9 Å². The normalized spacial score (nSPS) is 16.6. The van der Waals surface area contributed by atoms with Crippen molar-refractivity contribution in [1.82, 2.24) is 19.7 Å². The number of nitrogens with zero attached hydrogens (tertiary/aromatic N) is 5. The van der Waals surface area contributed by atoms with Crippen LogP contribution in [0.15, 0.2) is 47.8 Å². The minimum atomic E-state index is 0.196. The zero-order valence-electron chi connectivity index (χ0n) is 17.8. The third-order valence-corrected chi connectivity index (χ3v) is 6.73. The summed E-state index contributed by atoms with van der Waals surface area (Å²) in [4.78, 5) is 11.7. The molecule has 1 aromatic carbocycles. The number of benzene rings is 1. The number of anilines is 1. The van der Waals surface area contributed by atoms with Gasteiger partial charge in [0.05, 0.1) is 24.1 Å². The monoisotopic (exact) mass is 441 g/mol. The van der Waals surface area contributed by atoms with Crippen LogP contribution >= 0.6 is 23.4 Å². The van der Waals surface area contributed by atoms with E-state index in [4.69, 9.17) is 21.7 Å². The molecule has 4 rings (SSSR count). The van der Waals surface area contributed by atoms with E-state index in [0.29, 0.717) is 5.92 Å². The predicted octanol–water partition coefficient (Wildman–Crippen LogP) is 5.92. The smallest absolute Gasteiger partial charge is 0.148 e. The summed E-state index contributed by atoms with van der Waals surface area (Å²) >= 11 is 8.51. The molecular weight excluding hydrogens is 414 g/mol. The van der Waals surface area contributed by atoms with Crippen molar-refractivity contribution >= 4 is 29.2 Å². The van der Waals surface area contributed by atoms with Crippen molar-refractivity contribution in [2.75, 3.05) is 11.4 Å². The van der Waals surface area contributed by atoms with Crippen LogP contribution in [-0.4, -0.2) is 26.3 Å². The second kappa shape index (κ2) is 9.40. The molecule has 0 N–H and O–H groups in total. The van der Waals surface area contributed by atoms with Crippen molar-refractivity contribution in [3.8, 4) is 0 Å². The Labute approximate surface area is 187 Å². The van der Waals surface area contributed by atoms with Crippen molar-refractivity contribution in [2.24, 2.45) is 5.92 Å². The zero-order valence-corrected chi connectivity index (χ0v) is 19.3. The molecule has 0 radical (unpaired) electrons. The molecular formula is C23H28ClN5S. The molecule has 0 aliphatic carbocycles. The molecule has 5 nitrogen and oxygen atoms in total. The van der Waals surface area contributed by atoms with Crippen LogP contribution in [0.1, 0.15) is 49.6 Å². The Balaban J connectivity index is 1.55. The predicted molar refractivity (Wildman–Crippen MR) is 124 cm³/mol. The third kappa shape index (κ3) is 4.65. The maximum absolute atomic E-state index is 6.79. The van der Waals surface area contributed by atoms with E-state index in [2.05, 4.69) is 54.9 Å². The van der Waals surface area contributed by atoms with Crippen molar-refractivity contribution < 1.29 is 0 Å². The standard InChI is InChI=1S/C23H28ClN5S/c1-16(2)14-29-23(24)22(17(3)27-29)19-10-7-11-28(19)20-12-25-13-21(26-20)30-15-18-8-5-4-6-9-18/h4-6,8-9,12-13,16,19H,7,10-11,14-15H2,1-3H3. The SMILES string of the molecule is Cc1nn(CC(C)C)c(Cl)c1C1CCCN1c1cncc(SCc2ccccc2)n1. The number of thioether (sulfide) groups is 1. The highest BCUT2D eigenvalue weighted by Crippen LogP contribution is 2.40. The minimum absolute atomic E-state index is 0.196. The van der Waals surface area contributed by atoms with Gasteiger partial charge in [-0.15, -0.1) is 11.8 Å². The Morgan fingerprint density at radius 2 is 2.00 bits per heavy atom. The lowest BCUT2D eigenvalue weighted by Crippen LogP contribution is -2.24. The molecule has 0 amide bonds. The largest absolute Gasteiger partial charge is 0.348 e. The molecule has 1 aliphatic rings. The van der Waals surface area contributed by atoms with Crippen molar-refractivity contribution in [2.45, 2.75) is 57.0 Å². The van der Waals surface area contributed by atoms with Crippen molar-refractivity contribution in [3.63, 3.8) is 0 Å². The van der Waals surface area contributed by atoms with Crippen molar-refractivity contribution in [3.05, 3.63) is 64.7 Å². The van der Waals surface area contributed by atoms with Crippen LogP contribution < -0.4 is 4.90 Å². The topological polar surface area (TPSA) is 46.8 Å². The number of rotatable bonds is 7. The van der Waals surface area contributed by atoms with Gasteiger partial charge >= 0.3 is 0 Å². The van der Waals surface area contributed by atoms with Crippen LogP contribution in [0.4, 0.5) is 5.82 Å². The summed E-state index contributed by atoms with van der Waals surface area (Å²) in [6.45, 7) is 8.22. The fourth-order valence-electron chi connectivity index (χ4n) is 4.03. The van der Waals surface area contributed by atoms with E-state index in [9.17, 15) is 0 Å². The molecule has 0 bridgehead atoms. The highest BCUT2D eigenvalue weighted by atomic mass is 35.5. The summed E-state index contributed by atoms with van der Waals surface area (Å²) in [5, 5.41) is 6.43. The van der Waals surface area contributed by atoms with E-state index in [1.807, 2.05) is 23.1 Å². The number of aromatic nitrogens is 4. The fraction of sp³-hybridized carbons (Fsp3) is 0.435. The first-order valence-electron chi connectivity index (χ1n) is 10.5. The van der Waals surface area contributed by atoms with Gasteiger partial charge in [-0.1, -0.05) is 55.8 Å². The van der Waals surface area contributed by atoms with Crippen LogP contribution in [0.5, 0.6) is 0 Å². The summed E-state index contributed by atoms with van der Waals surface area (Å²) in [6.07, 6.45) is 5.88. The van der Waals surface area contributed by atoms with Crippen LogP contribution in [-0.2, 0) is 12.3 Å². The number of hydrogen-bond donors (Lipinski definition) is 0. The van der Waals surface area contributed by atoms with Crippen LogP contribution in [0.25, 0.3) is 0 Å². The molecule has 3 heterocycles. The lowest BCUT2D eigenvalue weighted by atomic mass is 10.1. The van der Waals surface area contributed by atoms with Gasteiger partial charge in [-0.25, -0.2) is 4.98 Å². The maximum Gasteiger partial charge on any atom is 0.148 e. The lowest BCUT2D eigenvalue weighted by molar-refractivity contribution is 0.481. The molecule has 2 aromatic heterocycles. The van der Waals surface area contributed by atoms with E-state index in [1.54, 1.807) is 11.8 Å². The first-order valence-corrected chi connectivity index (χ1v) is 11.9. The van der Waals surface area contributed by atoms with Crippen molar-refractivity contribution in [1.29, 1.82) is 0 Å². The zero-order chi connectivity index (χ0) is 21.1. The summed E-state index contributed by atoms with van der Waals surface area (Å²) < 4.78 is 1.95. The van der Waals surface area contributed by atoms with Gasteiger partial charge in [0.25, 0.3) is 0 Å². The highest BCUT2D eigenvalue weighted by molar-refractivity contribution is 7.98. The summed E-state index contributed by atoms with van der Waals surface area (Å²) in [5.41, 5.74) is 3.44. The van der Waals surface area contributed by atoms with Gasteiger partial charge in [0, 0.05) is 24.4 Å². The molecule has 158 valence electrons. The molecule has 0 spiro atoms. The molecule has 1 unspecified atom stereocenters. The summed E-state index contributed by atoms with van der Waals surface area (Å²) in [5.74, 6) is 2.30. The van der Waals surface area contributed by atoms with Gasteiger partial charge in [0.2, 0.25) is 0 Å². The molecule has 30 heavy (non-hydrogen) atoms. The van der Waals surface area contributed by atoms with E-state index < -0.39 is 0 Å². The summed E-state index contributed by atoms with van der Waals surface area (Å²) in [7, 11) is 0. The Kier molecular flexibility index (Phi) is 6.64. The third-order valence-electron chi connectivity index (χ3n) is 5.36. The first kappa shape index (κ1) is 21.2. The van der Waals surface area contributed by atoms with Gasteiger partial charge in [-0.05, 0) is 31.2 Å². The average molecular weight is 442 g/mol. The maximum atomic E-state index is 6.79. The van der Waals surface area contributed by atoms with Gasteiger partial charge in [-0.2, -0.15) is 5.10 Å². The number of hydrogen-bond acceptors (Lipinski definition) is 5. The molecule has 3 aromatic rings. The Hall–Kier alpha value is -2.05. The van der Waals surface area contributed by atoms with Crippen LogP contribution in [0, 0.1) is 12.8 Å². The molecule has 0 saturated carbocycles. The highest BCUT2D eigenvalue weighted by Gasteiger charge is 2.32. The minimum Gasteiger partial charge on any atom is -0.348 e. The Morgan fingerprint density at radius 1 is 1.20 bits per heavy atom. The quantitative estimate of drug-likeness (QED) is 0.425. The van der Waals surface area contributed by atoms with E-state index in [1.165, 1.54) is 5.56 Å². The van der Waals surface area contributed by atoms with Crippen LogP contribution in [0.2, 0.25) is 5.15 Å². The molecule has 1 fully saturated rings. The molecule has 1 saturated heterocycles. The van der Waals surface area contributed by atoms with Gasteiger partial charge in [-0.3, -0.25) is 9.67 Å². The second-order valence-electron chi connectivity index (χ2n) is 8.21. The van der Waals surface area contributed by atoms with Crippen LogP contribution in [0.3, 0.4) is 0 Å². The summed E-state index contributed by atoms with van der Waals surface area (Å²) in [6, 6.07) is 10.7. The fourth-order valence-corrected chi connectivity index (χ4v) is 5.20. The van der Waals surface area contributed by atoms with Gasteiger partial charge < -0.3 is 4.90 Å². The second-order valence-corrected chi connectivity index (χ2v) is 9.56. The first-order chi connectivity index (χ1) is 14.5. The van der Waals surface area contributed by atoms with E-state index in [-0.39, 0.29) is 6.04 Å². The number of halogens is 1. The molecule has 1 aliphatic heterocycles. The molecule has 1 atom stereocenters. The van der Waals surface area contributed by atoms with Gasteiger partial charge in [0.15, 0.2) is 0 Å². The van der Waals surface area contributed by atoms with Gasteiger partial charge in [0.1, 0.15) is 16.0 Å². The Bertz CT molecular complexity index is 989. The molecule has 7 heteroatoms.